The van der Waals surface area contributed by atoms with Crippen molar-refractivity contribution in [3.63, 3.8) is 0 Å². The van der Waals surface area contributed by atoms with E-state index in [1.807, 2.05) is 24.3 Å². The summed E-state index contributed by atoms with van der Waals surface area (Å²) in [6.45, 7) is 13.1. The van der Waals surface area contributed by atoms with Gasteiger partial charge in [0.2, 0.25) is 10.0 Å². The quantitative estimate of drug-likeness (QED) is 0.747. The standard InChI is InChI=1S/C22H31NO2S/c1-21(2,3)18-13-11-17(12-14-18)16-23(7)26(24,25)20-10-8-9-19(15-20)22(4,5)6/h8-15H,16H2,1-7H3. The van der Waals surface area contributed by atoms with Crippen molar-refractivity contribution in [3.05, 3.63) is 65.2 Å². The maximum atomic E-state index is 13.0. The van der Waals surface area contributed by atoms with Crippen LogP contribution in [0.4, 0.5) is 0 Å². The predicted molar refractivity (Wildman–Crippen MR) is 109 cm³/mol. The average Bonchev–Trinajstić information content (AvgIpc) is 2.53. The topological polar surface area (TPSA) is 37.4 Å². The zero-order valence-electron chi connectivity index (χ0n) is 17.0. The number of sulfonamides is 1. The molecule has 0 N–H and O–H groups in total. The fourth-order valence-corrected chi connectivity index (χ4v) is 3.96. The zero-order valence-corrected chi connectivity index (χ0v) is 17.8. The van der Waals surface area contributed by atoms with Gasteiger partial charge in [0.05, 0.1) is 4.90 Å². The molecule has 0 aliphatic heterocycles. The van der Waals surface area contributed by atoms with Crippen molar-refractivity contribution < 1.29 is 8.42 Å². The average molecular weight is 374 g/mol. The predicted octanol–water partition coefficient (Wildman–Crippen LogP) is 5.10. The lowest BCUT2D eigenvalue weighted by molar-refractivity contribution is 0.466. The maximum Gasteiger partial charge on any atom is 0.243 e. The highest BCUT2D eigenvalue weighted by molar-refractivity contribution is 7.89. The van der Waals surface area contributed by atoms with Gasteiger partial charge in [-0.3, -0.25) is 0 Å². The second kappa shape index (κ2) is 7.16. The number of benzene rings is 2. The van der Waals surface area contributed by atoms with Crippen molar-refractivity contribution in [1.82, 2.24) is 4.31 Å². The SMILES string of the molecule is CN(Cc1ccc(C(C)(C)C)cc1)S(=O)(=O)c1cccc(C(C)(C)C)c1. The molecule has 3 nitrogen and oxygen atoms in total. The number of nitrogens with zero attached hydrogens (tertiary/aromatic N) is 1. The van der Waals surface area contributed by atoms with Gasteiger partial charge in [0.15, 0.2) is 0 Å². The van der Waals surface area contributed by atoms with E-state index < -0.39 is 10.0 Å². The minimum Gasteiger partial charge on any atom is -0.207 e. The molecule has 26 heavy (non-hydrogen) atoms. The van der Waals surface area contributed by atoms with Crippen molar-refractivity contribution in [2.75, 3.05) is 7.05 Å². The van der Waals surface area contributed by atoms with Gasteiger partial charge in [0, 0.05) is 13.6 Å². The Balaban J connectivity index is 2.24. The van der Waals surface area contributed by atoms with Crippen molar-refractivity contribution in [3.8, 4) is 0 Å². The summed E-state index contributed by atoms with van der Waals surface area (Å²) in [5.41, 5.74) is 3.23. The van der Waals surface area contributed by atoms with Crippen LogP contribution in [0, 0.1) is 0 Å². The molecule has 142 valence electrons. The lowest BCUT2D eigenvalue weighted by Gasteiger charge is -2.22. The summed E-state index contributed by atoms with van der Waals surface area (Å²) < 4.78 is 27.4. The van der Waals surface area contributed by atoms with Crippen LogP contribution >= 0.6 is 0 Å². The van der Waals surface area contributed by atoms with E-state index in [1.165, 1.54) is 9.87 Å². The van der Waals surface area contributed by atoms with Crippen molar-refractivity contribution in [1.29, 1.82) is 0 Å². The van der Waals surface area contributed by atoms with Gasteiger partial charge in [-0.2, -0.15) is 4.31 Å². The molecule has 4 heteroatoms. The lowest BCUT2D eigenvalue weighted by Crippen LogP contribution is -2.27. The molecule has 0 amide bonds. The smallest absolute Gasteiger partial charge is 0.207 e. The van der Waals surface area contributed by atoms with Crippen LogP contribution < -0.4 is 0 Å². The molecule has 2 aromatic rings. The van der Waals surface area contributed by atoms with Crippen LogP contribution in [0.1, 0.15) is 58.2 Å². The third-order valence-corrected chi connectivity index (χ3v) is 6.43. The summed E-state index contributed by atoms with van der Waals surface area (Å²) >= 11 is 0. The monoisotopic (exact) mass is 373 g/mol. The Labute approximate surface area is 159 Å². The molecule has 0 radical (unpaired) electrons. The molecule has 0 spiro atoms. The number of hydrogen-bond acceptors (Lipinski definition) is 2. The van der Waals surface area contributed by atoms with Gasteiger partial charge in [-0.05, 0) is 39.7 Å². The van der Waals surface area contributed by atoms with Gasteiger partial charge in [-0.1, -0.05) is 77.9 Å². The number of hydrogen-bond donors (Lipinski definition) is 0. The first-order valence-electron chi connectivity index (χ1n) is 8.98. The van der Waals surface area contributed by atoms with E-state index in [4.69, 9.17) is 0 Å². The van der Waals surface area contributed by atoms with Crippen molar-refractivity contribution in [2.24, 2.45) is 0 Å². The minimum atomic E-state index is -3.53. The molecule has 0 saturated heterocycles. The van der Waals surface area contributed by atoms with Crippen molar-refractivity contribution >= 4 is 10.0 Å². The fraction of sp³-hybridized carbons (Fsp3) is 0.455. The van der Waals surface area contributed by atoms with E-state index in [2.05, 4.69) is 53.7 Å². The highest BCUT2D eigenvalue weighted by Crippen LogP contribution is 2.27. The lowest BCUT2D eigenvalue weighted by atomic mass is 9.87. The summed E-state index contributed by atoms with van der Waals surface area (Å²) in [5, 5.41) is 0. The third-order valence-electron chi connectivity index (χ3n) is 4.63. The Kier molecular flexibility index (Phi) is 5.69. The highest BCUT2D eigenvalue weighted by atomic mass is 32.2. The second-order valence-corrected chi connectivity index (χ2v) is 11.0. The third kappa shape index (κ3) is 4.74. The van der Waals surface area contributed by atoms with Crippen LogP contribution in [0.5, 0.6) is 0 Å². The maximum absolute atomic E-state index is 13.0. The van der Waals surface area contributed by atoms with Gasteiger partial charge >= 0.3 is 0 Å². The Bertz CT molecular complexity index is 854. The normalized spacial score (nSPS) is 13.2. The van der Waals surface area contributed by atoms with Crippen LogP contribution in [-0.2, 0) is 27.4 Å². The Morgan fingerprint density at radius 1 is 0.808 bits per heavy atom. The molecular weight excluding hydrogens is 342 g/mol. The van der Waals surface area contributed by atoms with Crippen LogP contribution in [0.3, 0.4) is 0 Å². The zero-order chi connectivity index (χ0) is 19.8. The highest BCUT2D eigenvalue weighted by Gasteiger charge is 2.23. The van der Waals surface area contributed by atoms with E-state index in [0.717, 1.165) is 11.1 Å². The largest absolute Gasteiger partial charge is 0.243 e. The van der Waals surface area contributed by atoms with E-state index in [0.29, 0.717) is 11.4 Å². The van der Waals surface area contributed by atoms with Gasteiger partial charge < -0.3 is 0 Å². The molecule has 2 aromatic carbocycles. The van der Waals surface area contributed by atoms with Gasteiger partial charge in [0.1, 0.15) is 0 Å². The first-order valence-corrected chi connectivity index (χ1v) is 10.4. The first-order chi connectivity index (χ1) is 11.8. The van der Waals surface area contributed by atoms with E-state index in [9.17, 15) is 8.42 Å². The molecule has 0 aliphatic rings. The van der Waals surface area contributed by atoms with Crippen LogP contribution in [0.15, 0.2) is 53.4 Å². The van der Waals surface area contributed by atoms with Gasteiger partial charge in [-0.25, -0.2) is 8.42 Å². The first kappa shape index (κ1) is 20.7. The van der Waals surface area contributed by atoms with E-state index in [1.54, 1.807) is 19.2 Å². The molecule has 0 heterocycles. The number of rotatable bonds is 4. The molecular formula is C22H31NO2S. The van der Waals surface area contributed by atoms with E-state index in [-0.39, 0.29) is 10.8 Å². The molecule has 2 rings (SSSR count). The molecule has 0 saturated carbocycles. The summed E-state index contributed by atoms with van der Waals surface area (Å²) in [5.74, 6) is 0. The van der Waals surface area contributed by atoms with Crippen LogP contribution in [-0.4, -0.2) is 19.8 Å². The summed E-state index contributed by atoms with van der Waals surface area (Å²) in [6, 6.07) is 15.4. The van der Waals surface area contributed by atoms with Crippen LogP contribution in [0.25, 0.3) is 0 Å². The Morgan fingerprint density at radius 2 is 1.35 bits per heavy atom. The molecule has 0 bridgehead atoms. The summed E-state index contributed by atoms with van der Waals surface area (Å²) in [6.07, 6.45) is 0. The van der Waals surface area contributed by atoms with E-state index >= 15 is 0 Å². The molecule has 0 aromatic heterocycles. The molecule has 0 atom stereocenters. The van der Waals surface area contributed by atoms with Crippen LogP contribution in [0.2, 0.25) is 0 Å². The summed E-state index contributed by atoms with van der Waals surface area (Å²) in [4.78, 5) is 0.346. The molecule has 0 aliphatic carbocycles. The van der Waals surface area contributed by atoms with Crippen molar-refractivity contribution in [2.45, 2.75) is 63.8 Å². The molecule has 0 fully saturated rings. The Hall–Kier alpha value is -1.65. The Morgan fingerprint density at radius 3 is 1.85 bits per heavy atom. The second-order valence-electron chi connectivity index (χ2n) is 8.99. The molecule has 0 unspecified atom stereocenters. The van der Waals surface area contributed by atoms with Gasteiger partial charge in [-0.15, -0.1) is 0 Å². The van der Waals surface area contributed by atoms with Gasteiger partial charge in [0.25, 0.3) is 0 Å². The minimum absolute atomic E-state index is 0.0872. The fourth-order valence-electron chi connectivity index (χ4n) is 2.76. The summed E-state index contributed by atoms with van der Waals surface area (Å²) in [7, 11) is -1.89.